The van der Waals surface area contributed by atoms with Gasteiger partial charge in [0.1, 0.15) is 42.5 Å². The minimum Gasteiger partial charge on any atom is -0.457 e. The highest BCUT2D eigenvalue weighted by Crippen LogP contribution is 2.31. The molecule has 1 aromatic carbocycles. The van der Waals surface area contributed by atoms with Gasteiger partial charge in [-0.2, -0.15) is 5.10 Å². The van der Waals surface area contributed by atoms with Crippen LogP contribution in [-0.2, 0) is 22.6 Å². The molecule has 1 aliphatic carbocycles. The standard InChI is InChI=1S/C25H28N2O7/c28-13-20-22(29)23(30)24(31)25(34-20)32-14-16-10-11-19(33-16)21-17-8-4-5-9-18(17)27(26-21)12-15-6-2-1-3-7-15/h2,4-11,20,22-25,28-31H,1,3,12-14H2/t20-,22-,23+,24+,25?/m1/s1. The number of fused-ring (bicyclic) bond motifs is 1. The fraction of sp³-hybridized carbons (Fsp3) is 0.400. The van der Waals surface area contributed by atoms with E-state index >= 15 is 0 Å². The first-order valence-corrected chi connectivity index (χ1v) is 11.4. The van der Waals surface area contributed by atoms with Gasteiger partial charge >= 0.3 is 0 Å². The van der Waals surface area contributed by atoms with E-state index in [4.69, 9.17) is 19.0 Å². The molecular weight excluding hydrogens is 440 g/mol. The molecule has 0 saturated carbocycles. The molecule has 0 amide bonds. The van der Waals surface area contributed by atoms with Crippen LogP contribution in [0.4, 0.5) is 0 Å². The average Bonchev–Trinajstić information content (AvgIpc) is 3.48. The van der Waals surface area contributed by atoms with Gasteiger partial charge in [-0.15, -0.1) is 0 Å². The van der Waals surface area contributed by atoms with E-state index in [9.17, 15) is 20.4 Å². The van der Waals surface area contributed by atoms with Crippen LogP contribution in [0.25, 0.3) is 22.4 Å². The summed E-state index contributed by atoms with van der Waals surface area (Å²) in [6, 6.07) is 11.5. The van der Waals surface area contributed by atoms with Crippen molar-refractivity contribution in [2.75, 3.05) is 6.61 Å². The Bertz CT molecular complexity index is 1200. The molecule has 2 aromatic heterocycles. The summed E-state index contributed by atoms with van der Waals surface area (Å²) in [6.45, 7) is 0.113. The van der Waals surface area contributed by atoms with Crippen molar-refractivity contribution in [1.29, 1.82) is 0 Å². The van der Waals surface area contributed by atoms with Crippen molar-refractivity contribution in [2.45, 2.75) is 56.7 Å². The molecule has 34 heavy (non-hydrogen) atoms. The van der Waals surface area contributed by atoms with E-state index in [0.29, 0.717) is 18.1 Å². The Morgan fingerprint density at radius 2 is 1.88 bits per heavy atom. The number of allylic oxidation sites excluding steroid dienone is 4. The summed E-state index contributed by atoms with van der Waals surface area (Å²) >= 11 is 0. The maximum Gasteiger partial charge on any atom is 0.187 e. The van der Waals surface area contributed by atoms with Crippen LogP contribution in [-0.4, -0.2) is 67.5 Å². The molecule has 0 bridgehead atoms. The first-order valence-electron chi connectivity index (χ1n) is 11.4. The summed E-state index contributed by atoms with van der Waals surface area (Å²) in [5.74, 6) is 1.05. The van der Waals surface area contributed by atoms with Gasteiger partial charge in [-0.1, -0.05) is 36.4 Å². The second-order valence-electron chi connectivity index (χ2n) is 8.56. The molecule has 0 radical (unpaired) electrons. The lowest BCUT2D eigenvalue weighted by Crippen LogP contribution is -2.59. The number of para-hydroxylation sites is 1. The highest BCUT2D eigenvalue weighted by molar-refractivity contribution is 5.92. The molecule has 3 aromatic rings. The van der Waals surface area contributed by atoms with Crippen molar-refractivity contribution in [3.63, 3.8) is 0 Å². The van der Waals surface area contributed by atoms with E-state index in [1.165, 1.54) is 5.57 Å². The molecule has 1 fully saturated rings. The quantitative estimate of drug-likeness (QED) is 0.414. The summed E-state index contributed by atoms with van der Waals surface area (Å²) in [4.78, 5) is 0. The van der Waals surface area contributed by atoms with Gasteiger partial charge in [0.05, 0.1) is 18.7 Å². The Balaban J connectivity index is 1.33. The molecule has 1 saturated heterocycles. The lowest BCUT2D eigenvalue weighted by molar-refractivity contribution is -0.304. The third kappa shape index (κ3) is 4.46. The largest absolute Gasteiger partial charge is 0.457 e. The average molecular weight is 469 g/mol. The molecule has 1 unspecified atom stereocenters. The van der Waals surface area contributed by atoms with Crippen LogP contribution in [0.5, 0.6) is 0 Å². The monoisotopic (exact) mass is 468 g/mol. The molecule has 9 nitrogen and oxygen atoms in total. The Morgan fingerprint density at radius 3 is 2.68 bits per heavy atom. The number of aliphatic hydroxyl groups is 4. The van der Waals surface area contributed by atoms with Crippen molar-refractivity contribution in [2.24, 2.45) is 0 Å². The van der Waals surface area contributed by atoms with E-state index in [0.717, 1.165) is 29.4 Å². The number of rotatable bonds is 7. The lowest BCUT2D eigenvalue weighted by Gasteiger charge is -2.39. The number of hydrogen-bond acceptors (Lipinski definition) is 8. The fourth-order valence-corrected chi connectivity index (χ4v) is 4.34. The zero-order valence-electron chi connectivity index (χ0n) is 18.5. The number of nitrogens with zero attached hydrogens (tertiary/aromatic N) is 2. The highest BCUT2D eigenvalue weighted by atomic mass is 16.7. The van der Waals surface area contributed by atoms with Gasteiger partial charge in [-0.05, 0) is 36.6 Å². The van der Waals surface area contributed by atoms with Gasteiger partial charge in [0.2, 0.25) is 0 Å². The highest BCUT2D eigenvalue weighted by Gasteiger charge is 2.44. The predicted molar refractivity (Wildman–Crippen MR) is 122 cm³/mol. The smallest absolute Gasteiger partial charge is 0.187 e. The Kier molecular flexibility index (Phi) is 6.64. The van der Waals surface area contributed by atoms with Crippen molar-refractivity contribution in [3.05, 3.63) is 66.0 Å². The molecule has 3 heterocycles. The first kappa shape index (κ1) is 23.0. The first-order chi connectivity index (χ1) is 16.5. The van der Waals surface area contributed by atoms with Crippen LogP contribution in [0.3, 0.4) is 0 Å². The second kappa shape index (κ2) is 9.83. The third-order valence-electron chi connectivity index (χ3n) is 6.20. The van der Waals surface area contributed by atoms with E-state index in [2.05, 4.69) is 18.2 Å². The predicted octanol–water partition coefficient (Wildman–Crippen LogP) is 1.89. The van der Waals surface area contributed by atoms with Crippen LogP contribution >= 0.6 is 0 Å². The van der Waals surface area contributed by atoms with E-state index in [-0.39, 0.29) is 6.61 Å². The minimum absolute atomic E-state index is 0.0426. The van der Waals surface area contributed by atoms with E-state index in [1.807, 2.05) is 35.0 Å². The molecule has 5 rings (SSSR count). The lowest BCUT2D eigenvalue weighted by atomic mass is 9.99. The summed E-state index contributed by atoms with van der Waals surface area (Å²) in [5, 5.41) is 45.1. The van der Waals surface area contributed by atoms with Gasteiger partial charge in [-0.25, -0.2) is 0 Å². The molecule has 2 aliphatic rings. The van der Waals surface area contributed by atoms with Crippen LogP contribution in [0.15, 0.2) is 64.6 Å². The fourth-order valence-electron chi connectivity index (χ4n) is 4.34. The molecular formula is C25H28N2O7. The van der Waals surface area contributed by atoms with Gasteiger partial charge in [-0.3, -0.25) is 4.68 Å². The summed E-state index contributed by atoms with van der Waals surface area (Å²) in [5.41, 5.74) is 2.95. The Morgan fingerprint density at radius 1 is 1.03 bits per heavy atom. The van der Waals surface area contributed by atoms with E-state index in [1.54, 1.807) is 6.07 Å². The summed E-state index contributed by atoms with van der Waals surface area (Å²) < 4.78 is 18.9. The third-order valence-corrected chi connectivity index (χ3v) is 6.20. The maximum atomic E-state index is 10.1. The number of ether oxygens (including phenoxy) is 2. The second-order valence-corrected chi connectivity index (χ2v) is 8.56. The maximum absolute atomic E-state index is 10.1. The number of aliphatic hydroxyl groups excluding tert-OH is 4. The topological polar surface area (TPSA) is 130 Å². The molecule has 0 spiro atoms. The van der Waals surface area contributed by atoms with E-state index < -0.39 is 37.3 Å². The Labute approximate surface area is 196 Å². The molecule has 180 valence electrons. The molecule has 5 atom stereocenters. The number of hydrogen-bond donors (Lipinski definition) is 4. The van der Waals surface area contributed by atoms with Crippen LogP contribution in [0.2, 0.25) is 0 Å². The Hall–Kier alpha value is -2.79. The van der Waals surface area contributed by atoms with Crippen molar-refractivity contribution in [3.8, 4) is 11.5 Å². The molecule has 4 N–H and O–H groups in total. The zero-order chi connectivity index (χ0) is 23.7. The number of benzene rings is 1. The summed E-state index contributed by atoms with van der Waals surface area (Å²) in [7, 11) is 0. The zero-order valence-corrected chi connectivity index (χ0v) is 18.5. The number of aromatic nitrogens is 2. The molecule has 9 heteroatoms. The van der Waals surface area contributed by atoms with Crippen LogP contribution in [0, 0.1) is 0 Å². The summed E-state index contributed by atoms with van der Waals surface area (Å²) in [6.07, 6.45) is 2.01. The SMILES string of the molecule is OC[C@H]1OC(OCc2ccc(-c3nn(CC4=CCCC=C4)c4ccccc34)o2)[C@@H](O)[C@@H](O)[C@@H]1O. The van der Waals surface area contributed by atoms with Crippen LogP contribution < -0.4 is 0 Å². The number of furan rings is 1. The van der Waals surface area contributed by atoms with Crippen molar-refractivity contribution >= 4 is 10.9 Å². The van der Waals surface area contributed by atoms with Gasteiger partial charge < -0.3 is 34.3 Å². The van der Waals surface area contributed by atoms with Gasteiger partial charge in [0.15, 0.2) is 12.1 Å². The van der Waals surface area contributed by atoms with Crippen molar-refractivity contribution in [1.82, 2.24) is 9.78 Å². The molecule has 1 aliphatic heterocycles. The van der Waals surface area contributed by atoms with Crippen LogP contribution in [0.1, 0.15) is 18.6 Å². The van der Waals surface area contributed by atoms with Crippen molar-refractivity contribution < 1.29 is 34.3 Å². The normalized spacial score (nSPS) is 27.3. The minimum atomic E-state index is -1.49. The van der Waals surface area contributed by atoms with Gasteiger partial charge in [0, 0.05) is 5.39 Å². The van der Waals surface area contributed by atoms with Gasteiger partial charge in [0.25, 0.3) is 0 Å².